The van der Waals surface area contributed by atoms with Crippen molar-refractivity contribution in [2.45, 2.75) is 101 Å². The predicted octanol–water partition coefficient (Wildman–Crippen LogP) is 7.30. The fraction of sp³-hybridized carbons (Fsp3) is 1.00. The topological polar surface area (TPSA) is 27.7 Å². The minimum absolute atomic E-state index is 0.145. The first-order chi connectivity index (χ1) is 11.4. The zero-order chi connectivity index (χ0) is 19.9. The Balaban J connectivity index is 5.40. The first kappa shape index (κ1) is 25.3. The summed E-state index contributed by atoms with van der Waals surface area (Å²) < 4.78 is 19.4. The molecule has 0 fully saturated rings. The third-order valence-corrected chi connectivity index (χ3v) is 5.81. The first-order valence-corrected chi connectivity index (χ1v) is 11.3. The molecule has 0 aliphatic carbocycles. The zero-order valence-electron chi connectivity index (χ0n) is 18.9. The van der Waals surface area contributed by atoms with Crippen LogP contribution in [-0.2, 0) is 13.6 Å². The molecule has 25 heavy (non-hydrogen) atoms. The molecule has 0 aromatic carbocycles. The molecule has 0 aliphatic heterocycles. The molecule has 0 spiro atoms. The zero-order valence-corrected chi connectivity index (χ0v) is 19.8. The Morgan fingerprint density at radius 2 is 0.520 bits per heavy atom. The second kappa shape index (κ2) is 11.9. The molecular formula is C21H45O3P. The molecule has 0 bridgehead atoms. The molecule has 0 rings (SSSR count). The molecule has 3 nitrogen and oxygen atoms in total. The molecule has 0 amide bonds. The van der Waals surface area contributed by atoms with Gasteiger partial charge in [0.2, 0.25) is 0 Å². The maximum atomic E-state index is 6.46. The lowest BCUT2D eigenvalue weighted by atomic mass is 9.97. The second-order valence-corrected chi connectivity index (χ2v) is 10.5. The standard InChI is InChI=1S/C21H45O3P/c1-13(2)19(14(3)4)22-25(23-20(15(5)6)16(7)8)24-21(17(9)10)18(11)12/h13-21H,1-12H3. The van der Waals surface area contributed by atoms with Crippen molar-refractivity contribution in [3.63, 3.8) is 0 Å². The van der Waals surface area contributed by atoms with E-state index in [2.05, 4.69) is 83.1 Å². The maximum Gasteiger partial charge on any atom is 0.333 e. The third-order valence-electron chi connectivity index (χ3n) is 4.57. The molecule has 152 valence electrons. The lowest BCUT2D eigenvalue weighted by molar-refractivity contribution is -0.00512. The number of rotatable bonds is 12. The van der Waals surface area contributed by atoms with Crippen LogP contribution < -0.4 is 0 Å². The van der Waals surface area contributed by atoms with Crippen molar-refractivity contribution in [2.24, 2.45) is 35.5 Å². The van der Waals surface area contributed by atoms with E-state index < -0.39 is 8.60 Å². The van der Waals surface area contributed by atoms with Crippen molar-refractivity contribution < 1.29 is 13.6 Å². The van der Waals surface area contributed by atoms with Crippen molar-refractivity contribution in [3.8, 4) is 0 Å². The summed E-state index contributed by atoms with van der Waals surface area (Å²) in [6, 6.07) is 0. The molecule has 0 aliphatic rings. The van der Waals surface area contributed by atoms with Crippen LogP contribution in [0.3, 0.4) is 0 Å². The predicted molar refractivity (Wildman–Crippen MR) is 111 cm³/mol. The van der Waals surface area contributed by atoms with E-state index in [-0.39, 0.29) is 18.3 Å². The molecule has 0 unspecified atom stereocenters. The Morgan fingerprint density at radius 1 is 0.360 bits per heavy atom. The number of hydrogen-bond donors (Lipinski definition) is 0. The largest absolute Gasteiger partial charge is 0.333 e. The van der Waals surface area contributed by atoms with Gasteiger partial charge in [-0.25, -0.2) is 0 Å². The quantitative estimate of drug-likeness (QED) is 0.334. The minimum Gasteiger partial charge on any atom is -0.308 e. The average molecular weight is 377 g/mol. The normalized spacial score (nSPS) is 13.7. The molecular weight excluding hydrogens is 331 g/mol. The van der Waals surface area contributed by atoms with Gasteiger partial charge < -0.3 is 13.6 Å². The SMILES string of the molecule is CC(C)C(OP(OC(C(C)C)C(C)C)OC(C(C)C)C(C)C)C(C)C. The molecule has 0 radical (unpaired) electrons. The van der Waals surface area contributed by atoms with Gasteiger partial charge in [-0.2, -0.15) is 0 Å². The highest BCUT2D eigenvalue weighted by Gasteiger charge is 2.33. The van der Waals surface area contributed by atoms with Crippen LogP contribution in [0.1, 0.15) is 83.1 Å². The van der Waals surface area contributed by atoms with Crippen LogP contribution >= 0.6 is 8.60 Å². The lowest BCUT2D eigenvalue weighted by Crippen LogP contribution is -2.31. The van der Waals surface area contributed by atoms with Gasteiger partial charge in [-0.05, 0) is 35.5 Å². The Hall–Kier alpha value is 0.310. The van der Waals surface area contributed by atoms with E-state index in [1.165, 1.54) is 0 Å². The van der Waals surface area contributed by atoms with Crippen molar-refractivity contribution in [1.82, 2.24) is 0 Å². The molecule has 0 heterocycles. The Morgan fingerprint density at radius 3 is 0.640 bits per heavy atom. The summed E-state index contributed by atoms with van der Waals surface area (Å²) in [4.78, 5) is 0. The van der Waals surface area contributed by atoms with E-state index in [4.69, 9.17) is 13.6 Å². The fourth-order valence-corrected chi connectivity index (χ4v) is 5.62. The van der Waals surface area contributed by atoms with Crippen LogP contribution in [0.5, 0.6) is 0 Å². The van der Waals surface area contributed by atoms with E-state index in [1.54, 1.807) is 0 Å². The first-order valence-electron chi connectivity index (χ1n) is 10.2. The fourth-order valence-electron chi connectivity index (χ4n) is 3.41. The van der Waals surface area contributed by atoms with Crippen molar-refractivity contribution in [1.29, 1.82) is 0 Å². The van der Waals surface area contributed by atoms with Gasteiger partial charge in [0.05, 0.1) is 18.3 Å². The summed E-state index contributed by atoms with van der Waals surface area (Å²) in [5, 5.41) is 0. The van der Waals surface area contributed by atoms with Gasteiger partial charge in [-0.3, -0.25) is 0 Å². The molecule has 0 aromatic rings. The highest BCUT2D eigenvalue weighted by Crippen LogP contribution is 2.49. The summed E-state index contributed by atoms with van der Waals surface area (Å²) in [5.74, 6) is 2.61. The Bertz CT molecular complexity index is 264. The monoisotopic (exact) mass is 376 g/mol. The highest BCUT2D eigenvalue weighted by molar-refractivity contribution is 7.41. The second-order valence-electron chi connectivity index (χ2n) is 9.40. The van der Waals surface area contributed by atoms with E-state index in [0.717, 1.165) is 0 Å². The molecule has 0 aromatic heterocycles. The van der Waals surface area contributed by atoms with E-state index in [9.17, 15) is 0 Å². The van der Waals surface area contributed by atoms with Crippen LogP contribution in [0.15, 0.2) is 0 Å². The maximum absolute atomic E-state index is 6.46. The van der Waals surface area contributed by atoms with Gasteiger partial charge in [-0.1, -0.05) is 83.1 Å². The van der Waals surface area contributed by atoms with Crippen LogP contribution in [0.4, 0.5) is 0 Å². The minimum atomic E-state index is -1.37. The summed E-state index contributed by atoms with van der Waals surface area (Å²) >= 11 is 0. The lowest BCUT2D eigenvalue weighted by Gasteiger charge is -2.36. The van der Waals surface area contributed by atoms with Crippen LogP contribution in [0, 0.1) is 35.5 Å². The summed E-state index contributed by atoms with van der Waals surface area (Å²) in [6.07, 6.45) is 0.434. The van der Waals surface area contributed by atoms with E-state index in [1.807, 2.05) is 0 Å². The van der Waals surface area contributed by atoms with Gasteiger partial charge >= 0.3 is 8.60 Å². The van der Waals surface area contributed by atoms with Crippen molar-refractivity contribution in [2.75, 3.05) is 0 Å². The van der Waals surface area contributed by atoms with Gasteiger partial charge in [0.15, 0.2) is 0 Å². The van der Waals surface area contributed by atoms with E-state index in [0.29, 0.717) is 35.5 Å². The van der Waals surface area contributed by atoms with Crippen molar-refractivity contribution >= 4 is 8.60 Å². The van der Waals surface area contributed by atoms with Crippen LogP contribution in [0.2, 0.25) is 0 Å². The summed E-state index contributed by atoms with van der Waals surface area (Å²) in [6.45, 7) is 26.5. The Kier molecular flexibility index (Phi) is 12.1. The van der Waals surface area contributed by atoms with Crippen molar-refractivity contribution in [3.05, 3.63) is 0 Å². The molecule has 4 heteroatoms. The number of hydrogen-bond acceptors (Lipinski definition) is 3. The third kappa shape index (κ3) is 9.18. The average Bonchev–Trinajstić information content (AvgIpc) is 2.43. The molecule has 0 saturated heterocycles. The van der Waals surface area contributed by atoms with Gasteiger partial charge in [-0.15, -0.1) is 0 Å². The highest BCUT2D eigenvalue weighted by atomic mass is 31.2. The summed E-state index contributed by atoms with van der Waals surface area (Å²) in [7, 11) is -1.37. The van der Waals surface area contributed by atoms with E-state index >= 15 is 0 Å². The van der Waals surface area contributed by atoms with Crippen LogP contribution in [0.25, 0.3) is 0 Å². The Labute approximate surface area is 159 Å². The van der Waals surface area contributed by atoms with Crippen LogP contribution in [-0.4, -0.2) is 18.3 Å². The smallest absolute Gasteiger partial charge is 0.308 e. The molecule has 0 atom stereocenters. The van der Waals surface area contributed by atoms with Gasteiger partial charge in [0.1, 0.15) is 0 Å². The molecule has 0 saturated carbocycles. The molecule has 0 N–H and O–H groups in total. The van der Waals surface area contributed by atoms with Gasteiger partial charge in [0, 0.05) is 0 Å². The van der Waals surface area contributed by atoms with Gasteiger partial charge in [0.25, 0.3) is 0 Å². The summed E-state index contributed by atoms with van der Waals surface area (Å²) in [5.41, 5.74) is 0.